The topological polar surface area (TPSA) is 23.1 Å². The first-order valence-electron chi connectivity index (χ1n) is 4.62. The first-order chi connectivity index (χ1) is 6.30. The molecule has 14 heavy (non-hydrogen) atoms. The highest BCUT2D eigenvalue weighted by atomic mass is 79.9. The second-order valence-corrected chi connectivity index (χ2v) is 5.76. The summed E-state index contributed by atoms with van der Waals surface area (Å²) < 4.78 is 0. The van der Waals surface area contributed by atoms with E-state index >= 15 is 0 Å². The molecule has 0 unspecified atom stereocenters. The van der Waals surface area contributed by atoms with Gasteiger partial charge in [0.25, 0.3) is 0 Å². The zero-order chi connectivity index (χ0) is 11.1. The summed E-state index contributed by atoms with van der Waals surface area (Å²) in [4.78, 5) is 0. The summed E-state index contributed by atoms with van der Waals surface area (Å²) in [6.07, 6.45) is 0. The van der Waals surface area contributed by atoms with Crippen molar-refractivity contribution in [1.82, 2.24) is 5.06 Å². The fourth-order valence-electron chi connectivity index (χ4n) is 2.17. The predicted molar refractivity (Wildman–Crippen MR) is 65.3 cm³/mol. The van der Waals surface area contributed by atoms with E-state index in [-0.39, 0.29) is 0 Å². The molecule has 1 radical (unpaired) electrons. The minimum atomic E-state index is -0.393. The Morgan fingerprint density at radius 2 is 1.29 bits per heavy atom. The lowest BCUT2D eigenvalue weighted by molar-refractivity contribution is -0.240. The largest absolute Gasteiger partial charge is 0.136 e. The van der Waals surface area contributed by atoms with Crippen molar-refractivity contribution in [1.29, 1.82) is 0 Å². The number of hydrogen-bond acceptors (Lipinski definition) is 1. The van der Waals surface area contributed by atoms with Crippen LogP contribution in [0.3, 0.4) is 0 Å². The van der Waals surface area contributed by atoms with Crippen LogP contribution in [0.25, 0.3) is 0 Å². The molecule has 81 valence electrons. The lowest BCUT2D eigenvalue weighted by Gasteiger charge is -2.34. The minimum absolute atomic E-state index is 0.393. The molecule has 1 rings (SSSR count). The third-order valence-corrected chi connectivity index (χ3v) is 4.25. The van der Waals surface area contributed by atoms with Crippen LogP contribution in [0.4, 0.5) is 0 Å². The standard InChI is InChI=1S/C10H16Br2NO/c1-9(2)7(5-11)8(6-12)10(3,4)13(9)14/h5-6H2,1-4H3. The van der Waals surface area contributed by atoms with Gasteiger partial charge in [0.1, 0.15) is 0 Å². The van der Waals surface area contributed by atoms with Crippen LogP contribution in [0, 0.1) is 0 Å². The Morgan fingerprint density at radius 1 is 1.00 bits per heavy atom. The molecule has 0 fully saturated rings. The van der Waals surface area contributed by atoms with Crippen molar-refractivity contribution < 1.29 is 5.21 Å². The number of rotatable bonds is 2. The highest BCUT2D eigenvalue weighted by Crippen LogP contribution is 2.45. The van der Waals surface area contributed by atoms with Crippen molar-refractivity contribution in [2.45, 2.75) is 38.8 Å². The minimum Gasteiger partial charge on any atom is -0.136 e. The predicted octanol–water partition coefficient (Wildman–Crippen LogP) is 3.29. The van der Waals surface area contributed by atoms with Crippen LogP contribution in [0.5, 0.6) is 0 Å². The van der Waals surface area contributed by atoms with Gasteiger partial charge in [-0.1, -0.05) is 31.9 Å². The quantitative estimate of drug-likeness (QED) is 0.564. The van der Waals surface area contributed by atoms with E-state index < -0.39 is 11.1 Å². The Morgan fingerprint density at radius 3 is 1.50 bits per heavy atom. The van der Waals surface area contributed by atoms with Gasteiger partial charge in [-0.3, -0.25) is 0 Å². The van der Waals surface area contributed by atoms with Gasteiger partial charge in [-0.15, -0.1) is 10.3 Å². The molecule has 1 aliphatic rings. The van der Waals surface area contributed by atoms with Crippen LogP contribution >= 0.6 is 31.9 Å². The van der Waals surface area contributed by atoms with Crippen molar-refractivity contribution in [3.63, 3.8) is 0 Å². The molecule has 0 aliphatic carbocycles. The van der Waals surface area contributed by atoms with Gasteiger partial charge in [-0.2, -0.15) is 0 Å². The molecule has 0 saturated heterocycles. The molecule has 1 aliphatic heterocycles. The van der Waals surface area contributed by atoms with E-state index in [1.54, 1.807) is 0 Å². The smallest absolute Gasteiger partial charge is 0.0667 e. The van der Waals surface area contributed by atoms with Crippen molar-refractivity contribution in [2.24, 2.45) is 0 Å². The lowest BCUT2D eigenvalue weighted by atomic mass is 9.93. The maximum Gasteiger partial charge on any atom is 0.0667 e. The summed E-state index contributed by atoms with van der Waals surface area (Å²) in [5.74, 6) is 0. The molecule has 1 heterocycles. The van der Waals surface area contributed by atoms with Crippen LogP contribution in [0.1, 0.15) is 27.7 Å². The Bertz CT molecular complexity index is 245. The normalized spacial score (nSPS) is 25.9. The fraction of sp³-hybridized carbons (Fsp3) is 0.800. The number of hydrogen-bond donors (Lipinski definition) is 0. The van der Waals surface area contributed by atoms with Gasteiger partial charge < -0.3 is 0 Å². The van der Waals surface area contributed by atoms with Crippen LogP contribution in [0.15, 0.2) is 11.1 Å². The first kappa shape index (κ1) is 12.7. The summed E-state index contributed by atoms with van der Waals surface area (Å²) in [7, 11) is 0. The molecule has 0 saturated carbocycles. The van der Waals surface area contributed by atoms with Crippen molar-refractivity contribution in [2.75, 3.05) is 10.7 Å². The maximum absolute atomic E-state index is 12.1. The summed E-state index contributed by atoms with van der Waals surface area (Å²) in [6.45, 7) is 7.92. The van der Waals surface area contributed by atoms with Crippen LogP contribution < -0.4 is 0 Å². The average molecular weight is 326 g/mol. The molecule has 0 aromatic carbocycles. The van der Waals surface area contributed by atoms with Crippen molar-refractivity contribution in [3.8, 4) is 0 Å². The van der Waals surface area contributed by atoms with E-state index in [1.165, 1.54) is 16.2 Å². The molecule has 0 spiro atoms. The Balaban J connectivity index is 3.28. The summed E-state index contributed by atoms with van der Waals surface area (Å²) in [5.41, 5.74) is 1.62. The average Bonchev–Trinajstić information content (AvgIpc) is 2.22. The molecule has 0 aromatic rings. The molecule has 0 aromatic heterocycles. The molecule has 2 nitrogen and oxygen atoms in total. The zero-order valence-corrected chi connectivity index (χ0v) is 12.2. The molecule has 4 heteroatoms. The second-order valence-electron chi connectivity index (χ2n) is 4.64. The fourth-order valence-corrected chi connectivity index (χ4v) is 4.22. The third-order valence-electron chi connectivity index (χ3n) is 3.12. The summed E-state index contributed by atoms with van der Waals surface area (Å²) in [5, 5.41) is 14.9. The number of nitrogens with zero attached hydrogens (tertiary/aromatic N) is 1. The van der Waals surface area contributed by atoms with Gasteiger partial charge in [0, 0.05) is 10.7 Å². The third kappa shape index (κ3) is 1.60. The van der Waals surface area contributed by atoms with Gasteiger partial charge in [-0.25, -0.2) is 0 Å². The monoisotopic (exact) mass is 324 g/mol. The molecule has 0 bridgehead atoms. The highest BCUT2D eigenvalue weighted by Gasteiger charge is 2.50. The van der Waals surface area contributed by atoms with Crippen molar-refractivity contribution in [3.05, 3.63) is 11.1 Å². The van der Waals surface area contributed by atoms with Crippen molar-refractivity contribution >= 4 is 31.9 Å². The highest BCUT2D eigenvalue weighted by molar-refractivity contribution is 9.09. The van der Waals surface area contributed by atoms with E-state index in [1.807, 2.05) is 27.7 Å². The first-order valence-corrected chi connectivity index (χ1v) is 6.86. The molecule has 0 atom stereocenters. The molecular formula is C10H16Br2NO. The Hall–Kier alpha value is 0.620. The molecule has 0 amide bonds. The van der Waals surface area contributed by atoms with Crippen LogP contribution in [-0.4, -0.2) is 26.8 Å². The lowest BCUT2D eigenvalue weighted by Crippen LogP contribution is -2.47. The van der Waals surface area contributed by atoms with E-state index in [0.29, 0.717) is 0 Å². The van der Waals surface area contributed by atoms with Gasteiger partial charge >= 0.3 is 0 Å². The molecular weight excluding hydrogens is 310 g/mol. The summed E-state index contributed by atoms with van der Waals surface area (Å²) in [6, 6.07) is 0. The SMILES string of the molecule is CC1(C)C(CBr)=C(CBr)C(C)(C)N1[O]. The zero-order valence-electron chi connectivity index (χ0n) is 9.03. The van der Waals surface area contributed by atoms with E-state index in [2.05, 4.69) is 31.9 Å². The van der Waals surface area contributed by atoms with E-state index in [9.17, 15) is 5.21 Å². The second kappa shape index (κ2) is 3.89. The van der Waals surface area contributed by atoms with Crippen LogP contribution in [-0.2, 0) is 5.21 Å². The number of alkyl halides is 2. The van der Waals surface area contributed by atoms with Crippen LogP contribution in [0.2, 0.25) is 0 Å². The number of hydroxylamine groups is 2. The van der Waals surface area contributed by atoms with Gasteiger partial charge in [0.15, 0.2) is 0 Å². The van der Waals surface area contributed by atoms with Gasteiger partial charge in [-0.05, 0) is 38.8 Å². The molecule has 0 N–H and O–H groups in total. The van der Waals surface area contributed by atoms with E-state index in [0.717, 1.165) is 10.7 Å². The number of halogens is 2. The summed E-state index contributed by atoms with van der Waals surface area (Å²) >= 11 is 6.94. The maximum atomic E-state index is 12.1. The van der Waals surface area contributed by atoms with E-state index in [4.69, 9.17) is 0 Å². The van der Waals surface area contributed by atoms with Gasteiger partial charge in [0.2, 0.25) is 0 Å². The Labute approximate surface area is 103 Å². The Kier molecular flexibility index (Phi) is 3.52. The van der Waals surface area contributed by atoms with Gasteiger partial charge in [0.05, 0.1) is 11.1 Å².